The number of halogens is 1. The van der Waals surface area contributed by atoms with Crippen LogP contribution in [0.25, 0.3) is 0 Å². The summed E-state index contributed by atoms with van der Waals surface area (Å²) in [5.74, 6) is -3.02. The molecule has 0 aromatic carbocycles. The van der Waals surface area contributed by atoms with Crippen molar-refractivity contribution in [1.82, 2.24) is 0 Å². The second-order valence-corrected chi connectivity index (χ2v) is 5.22. The third-order valence-corrected chi connectivity index (χ3v) is 3.09. The minimum Gasteiger partial charge on any atom is -0.481 e. The minimum absolute atomic E-state index is 0.0485. The molecule has 0 bridgehead atoms. The Kier molecular flexibility index (Phi) is 5.88. The van der Waals surface area contributed by atoms with Crippen molar-refractivity contribution in [2.24, 2.45) is 5.92 Å². The Bertz CT molecular complexity index is 380. The van der Waals surface area contributed by atoms with Gasteiger partial charge in [-0.3, -0.25) is 4.79 Å². The lowest BCUT2D eigenvalue weighted by molar-refractivity contribution is -0.140. The molecule has 0 heterocycles. The fraction of sp³-hybridized carbons (Fsp3) is 0.333. The third-order valence-electron chi connectivity index (χ3n) is 2.17. The first-order chi connectivity index (χ1) is 7.78. The van der Waals surface area contributed by atoms with Crippen molar-refractivity contribution in [2.75, 3.05) is 0 Å². The van der Waals surface area contributed by atoms with Gasteiger partial charge in [0.2, 0.25) is 0 Å². The van der Waals surface area contributed by atoms with E-state index in [-0.39, 0.29) is 5.57 Å². The van der Waals surface area contributed by atoms with Crippen LogP contribution in [0.5, 0.6) is 0 Å². The Labute approximate surface area is 108 Å². The number of alkyl halides is 1. The molecule has 94 valence electrons. The van der Waals surface area contributed by atoms with Crippen LogP contribution in [0.3, 0.4) is 0 Å². The molecule has 0 aromatic heterocycles. The van der Waals surface area contributed by atoms with Gasteiger partial charge in [0.1, 0.15) is 0 Å². The molecule has 5 heteroatoms. The summed E-state index contributed by atoms with van der Waals surface area (Å²) in [7, 11) is 0. The van der Waals surface area contributed by atoms with E-state index in [0.717, 1.165) is 0 Å². The molecule has 0 saturated carbocycles. The van der Waals surface area contributed by atoms with Gasteiger partial charge < -0.3 is 10.2 Å². The van der Waals surface area contributed by atoms with Crippen molar-refractivity contribution >= 4 is 27.9 Å². The lowest BCUT2D eigenvalue weighted by Crippen LogP contribution is -2.38. The normalized spacial score (nSPS) is 26.3. The molecule has 0 amide bonds. The smallest absolute Gasteiger partial charge is 0.333 e. The Morgan fingerprint density at radius 3 is 2.35 bits per heavy atom. The lowest BCUT2D eigenvalue weighted by Gasteiger charge is -2.30. The van der Waals surface area contributed by atoms with E-state index in [4.69, 9.17) is 10.2 Å². The zero-order valence-corrected chi connectivity index (χ0v) is 11.3. The fourth-order valence-corrected chi connectivity index (χ4v) is 2.02. The quantitative estimate of drug-likeness (QED) is 0.607. The van der Waals surface area contributed by atoms with Gasteiger partial charge >= 0.3 is 11.9 Å². The molecule has 1 aliphatic carbocycles. The molecule has 0 radical (unpaired) electrons. The van der Waals surface area contributed by atoms with Crippen LogP contribution in [-0.2, 0) is 9.59 Å². The summed E-state index contributed by atoms with van der Waals surface area (Å²) in [6.45, 7) is 6.79. The zero-order valence-electron chi connectivity index (χ0n) is 9.68. The number of carboxylic acid groups (broad SMARTS) is 2. The highest BCUT2D eigenvalue weighted by atomic mass is 79.9. The van der Waals surface area contributed by atoms with E-state index >= 15 is 0 Å². The minimum atomic E-state index is -1.11. The molecule has 17 heavy (non-hydrogen) atoms. The predicted molar refractivity (Wildman–Crippen MR) is 69.2 cm³/mol. The van der Waals surface area contributed by atoms with Crippen molar-refractivity contribution < 1.29 is 19.8 Å². The highest BCUT2D eigenvalue weighted by molar-refractivity contribution is 9.10. The van der Waals surface area contributed by atoms with E-state index in [2.05, 4.69) is 22.5 Å². The maximum atomic E-state index is 10.8. The van der Waals surface area contributed by atoms with Crippen LogP contribution < -0.4 is 0 Å². The van der Waals surface area contributed by atoms with Crippen LogP contribution >= 0.6 is 15.9 Å². The summed E-state index contributed by atoms with van der Waals surface area (Å²) in [6, 6.07) is 0. The number of carboxylic acids is 2. The number of rotatable bonds is 2. The summed E-state index contributed by atoms with van der Waals surface area (Å²) in [5.41, 5.74) is 0.0485. The largest absolute Gasteiger partial charge is 0.481 e. The van der Waals surface area contributed by atoms with Crippen molar-refractivity contribution in [2.45, 2.75) is 18.2 Å². The second kappa shape index (κ2) is 6.39. The average Bonchev–Trinajstić information content (AvgIpc) is 2.16. The molecular weight excluding hydrogens is 288 g/mol. The van der Waals surface area contributed by atoms with Gasteiger partial charge in [-0.1, -0.05) is 40.2 Å². The average molecular weight is 303 g/mol. The summed E-state index contributed by atoms with van der Waals surface area (Å²) in [5, 5.41) is 17.7. The molecule has 0 fully saturated rings. The van der Waals surface area contributed by atoms with E-state index < -0.39 is 22.2 Å². The number of hydrogen-bond donors (Lipinski definition) is 2. The standard InChI is InChI=1S/C9H9BrO4.C3H6/c1-9(10)5(7(11)12)3-2-4-6(9)8(13)14;1-3-2/h2-5H,1H3,(H,11,12)(H,13,14);3H,1H2,2H3. The van der Waals surface area contributed by atoms with E-state index in [9.17, 15) is 9.59 Å². The van der Waals surface area contributed by atoms with Gasteiger partial charge in [0.25, 0.3) is 0 Å². The molecule has 1 aliphatic rings. The van der Waals surface area contributed by atoms with Gasteiger partial charge in [0.15, 0.2) is 0 Å². The fourth-order valence-electron chi connectivity index (χ4n) is 1.37. The molecule has 2 atom stereocenters. The maximum absolute atomic E-state index is 10.8. The first-order valence-corrected chi connectivity index (χ1v) is 5.69. The summed E-state index contributed by atoms with van der Waals surface area (Å²) in [4.78, 5) is 21.6. The van der Waals surface area contributed by atoms with Gasteiger partial charge in [0.05, 0.1) is 15.8 Å². The van der Waals surface area contributed by atoms with Crippen LogP contribution in [0.4, 0.5) is 0 Å². The second-order valence-electron chi connectivity index (χ2n) is 3.57. The molecular formula is C12H15BrO4. The zero-order chi connectivity index (χ0) is 13.6. The van der Waals surface area contributed by atoms with Crippen LogP contribution in [0.15, 0.2) is 36.5 Å². The number of allylic oxidation sites excluding steroid dienone is 3. The summed E-state index contributed by atoms with van der Waals surface area (Å²) >= 11 is 3.15. The van der Waals surface area contributed by atoms with E-state index in [1.165, 1.54) is 25.2 Å². The van der Waals surface area contributed by atoms with E-state index in [1.54, 1.807) is 6.08 Å². The molecule has 0 spiro atoms. The molecule has 0 aliphatic heterocycles. The Morgan fingerprint density at radius 2 is 2.00 bits per heavy atom. The first kappa shape index (κ1) is 15.6. The maximum Gasteiger partial charge on any atom is 0.333 e. The monoisotopic (exact) mass is 302 g/mol. The molecule has 0 saturated heterocycles. The van der Waals surface area contributed by atoms with Crippen LogP contribution in [0.2, 0.25) is 0 Å². The number of aliphatic carboxylic acids is 2. The Hall–Kier alpha value is -1.36. The summed E-state index contributed by atoms with van der Waals surface area (Å²) in [6.07, 6.45) is 6.06. The topological polar surface area (TPSA) is 74.6 Å². The van der Waals surface area contributed by atoms with Crippen molar-refractivity contribution in [1.29, 1.82) is 0 Å². The van der Waals surface area contributed by atoms with Gasteiger partial charge in [-0.05, 0) is 13.8 Å². The molecule has 4 nitrogen and oxygen atoms in total. The summed E-state index contributed by atoms with van der Waals surface area (Å²) < 4.78 is -1.06. The van der Waals surface area contributed by atoms with E-state index in [1.807, 2.05) is 6.92 Å². The number of carbonyl (C=O) groups is 2. The van der Waals surface area contributed by atoms with Crippen LogP contribution in [0.1, 0.15) is 13.8 Å². The van der Waals surface area contributed by atoms with Gasteiger partial charge in [0, 0.05) is 0 Å². The number of hydrogen-bond acceptors (Lipinski definition) is 2. The van der Waals surface area contributed by atoms with E-state index in [0.29, 0.717) is 0 Å². The lowest BCUT2D eigenvalue weighted by atomic mass is 9.83. The van der Waals surface area contributed by atoms with Crippen LogP contribution in [0, 0.1) is 5.92 Å². The van der Waals surface area contributed by atoms with Crippen molar-refractivity contribution in [3.8, 4) is 0 Å². The van der Waals surface area contributed by atoms with Gasteiger partial charge in [-0.15, -0.1) is 6.58 Å². The first-order valence-electron chi connectivity index (χ1n) is 4.90. The predicted octanol–water partition coefficient (Wildman–Crippen LogP) is 2.61. The van der Waals surface area contributed by atoms with Crippen molar-refractivity contribution in [3.63, 3.8) is 0 Å². The molecule has 2 N–H and O–H groups in total. The van der Waals surface area contributed by atoms with Gasteiger partial charge in [-0.25, -0.2) is 4.79 Å². The highest BCUT2D eigenvalue weighted by Crippen LogP contribution is 2.38. The van der Waals surface area contributed by atoms with Crippen LogP contribution in [-0.4, -0.2) is 26.5 Å². The SMILES string of the molecule is C=CC.CC1(Br)C(C(=O)O)=CC=CC1C(=O)O. The molecule has 2 unspecified atom stereocenters. The Balaban J connectivity index is 0.000000770. The molecule has 0 aromatic rings. The van der Waals surface area contributed by atoms with Crippen molar-refractivity contribution in [3.05, 3.63) is 36.5 Å². The Morgan fingerprint density at radius 1 is 1.53 bits per heavy atom. The molecule has 1 rings (SSSR count). The third kappa shape index (κ3) is 3.85. The highest BCUT2D eigenvalue weighted by Gasteiger charge is 2.42. The van der Waals surface area contributed by atoms with Gasteiger partial charge in [-0.2, -0.15) is 0 Å².